The summed E-state index contributed by atoms with van der Waals surface area (Å²) in [7, 11) is 0. The predicted octanol–water partition coefficient (Wildman–Crippen LogP) is 2.78. The lowest BCUT2D eigenvalue weighted by atomic mass is 9.79. The molecule has 0 aliphatic rings. The SMILES string of the molecule is IB(I)B(I)I. The third-order valence-electron chi connectivity index (χ3n) is 0.190. The first-order valence-corrected chi connectivity index (χ1v) is 6.19. The third kappa shape index (κ3) is 5.19. The van der Waals surface area contributed by atoms with E-state index in [1.165, 1.54) is 0 Å². The molecule has 0 saturated heterocycles. The Morgan fingerprint density at radius 3 is 0.833 bits per heavy atom. The maximum absolute atomic E-state index is 2.40. The van der Waals surface area contributed by atoms with E-state index in [0.717, 1.165) is 4.63 Å². The van der Waals surface area contributed by atoms with Gasteiger partial charge in [-0.1, -0.05) is 0 Å². The molecular weight excluding hydrogens is 529 g/mol. The molecule has 0 rings (SSSR count). The molecule has 0 N–H and O–H groups in total. The molecule has 6 heteroatoms. The normalized spacial score (nSPS) is 8.00. The zero-order valence-electron chi connectivity index (χ0n) is 2.67. The quantitative estimate of drug-likeness (QED) is 0.363. The lowest BCUT2D eigenvalue weighted by molar-refractivity contribution is 4.54. The molecule has 0 aromatic heterocycles. The highest BCUT2D eigenvalue weighted by molar-refractivity contribution is 14.3. The molecular formula is B2I4. The van der Waals surface area contributed by atoms with Crippen molar-refractivity contribution in [2.24, 2.45) is 0 Å². The summed E-state index contributed by atoms with van der Waals surface area (Å²) < 4.78 is 1.53. The van der Waals surface area contributed by atoms with Gasteiger partial charge in [-0.25, -0.2) is 0 Å². The van der Waals surface area contributed by atoms with Crippen LogP contribution in [0.15, 0.2) is 0 Å². The topological polar surface area (TPSA) is 0 Å². The summed E-state index contributed by atoms with van der Waals surface area (Å²) in [5.74, 6) is 0. The summed E-state index contributed by atoms with van der Waals surface area (Å²) in [4.78, 5) is 0. The van der Waals surface area contributed by atoms with Crippen LogP contribution in [0.3, 0.4) is 0 Å². The molecule has 6 heavy (non-hydrogen) atoms. The maximum Gasteiger partial charge on any atom is 0.283 e. The van der Waals surface area contributed by atoms with Crippen LogP contribution < -0.4 is 0 Å². The van der Waals surface area contributed by atoms with Crippen molar-refractivity contribution in [3.63, 3.8) is 0 Å². The summed E-state index contributed by atoms with van der Waals surface area (Å²) in [5, 5.41) is 0. The van der Waals surface area contributed by atoms with E-state index in [-0.39, 0.29) is 0 Å². The number of halogens is 4. The second-order valence-corrected chi connectivity index (χ2v) is 10.8. The standard InChI is InChI=1S/B2I4/c3-1(4)2(5)6. The summed E-state index contributed by atoms with van der Waals surface area (Å²) in [6.45, 7) is 0. The lowest BCUT2D eigenvalue weighted by Gasteiger charge is -1.87. The Morgan fingerprint density at radius 2 is 0.833 bits per heavy atom. The minimum atomic E-state index is 0.765. The van der Waals surface area contributed by atoms with Crippen molar-refractivity contribution in [2.45, 2.75) is 0 Å². The molecule has 0 amide bonds. The number of hydrogen-bond acceptors (Lipinski definition) is 0. The van der Waals surface area contributed by atoms with E-state index in [4.69, 9.17) is 0 Å². The van der Waals surface area contributed by atoms with Gasteiger partial charge in [-0.15, -0.1) is 89.5 Å². The molecule has 0 aromatic carbocycles. The highest BCUT2D eigenvalue weighted by Gasteiger charge is 2.16. The van der Waals surface area contributed by atoms with Gasteiger partial charge in [-0.2, -0.15) is 0 Å². The molecule has 0 spiro atoms. The molecule has 0 bridgehead atoms. The van der Waals surface area contributed by atoms with E-state index in [1.807, 2.05) is 0 Å². The van der Waals surface area contributed by atoms with Gasteiger partial charge >= 0.3 is 0 Å². The summed E-state index contributed by atoms with van der Waals surface area (Å²) >= 11 is 9.62. The van der Waals surface area contributed by atoms with Crippen LogP contribution >= 0.6 is 89.5 Å². The van der Waals surface area contributed by atoms with Crippen LogP contribution in [0, 0.1) is 0 Å². The van der Waals surface area contributed by atoms with Crippen LogP contribution in [-0.2, 0) is 0 Å². The Bertz CT molecular complexity index is 26.5. The van der Waals surface area contributed by atoms with E-state index in [1.54, 1.807) is 0 Å². The van der Waals surface area contributed by atoms with Gasteiger partial charge in [-0.05, 0) is 0 Å². The first-order chi connectivity index (χ1) is 2.64. The third-order valence-corrected chi connectivity index (χ3v) is 8.57. The number of hydrogen-bond donors (Lipinski definition) is 0. The Hall–Kier alpha value is 3.05. The summed E-state index contributed by atoms with van der Waals surface area (Å²) in [6, 6.07) is 0. The molecule has 0 fully saturated rings. The van der Waals surface area contributed by atoms with Crippen molar-refractivity contribution in [1.29, 1.82) is 0 Å². The number of rotatable bonds is 1. The highest BCUT2D eigenvalue weighted by atomic mass is 127. The fraction of sp³-hybridized carbons (Fsp3) is 0. The molecule has 0 saturated carbocycles. The molecule has 0 aliphatic carbocycles. The average Bonchev–Trinajstić information content (AvgIpc) is 1.36. The van der Waals surface area contributed by atoms with Crippen molar-refractivity contribution in [3.05, 3.63) is 0 Å². The van der Waals surface area contributed by atoms with E-state index in [9.17, 15) is 0 Å². The summed E-state index contributed by atoms with van der Waals surface area (Å²) in [5.41, 5.74) is 0. The Labute approximate surface area is 92.0 Å². The van der Waals surface area contributed by atoms with Crippen molar-refractivity contribution in [1.82, 2.24) is 0 Å². The largest absolute Gasteiger partial charge is 0.283 e. The molecule has 0 aromatic rings. The van der Waals surface area contributed by atoms with Crippen LogP contribution in [-0.4, -0.2) is 4.63 Å². The lowest BCUT2D eigenvalue weighted by Crippen LogP contribution is -2.06. The Balaban J connectivity index is 2.99. The van der Waals surface area contributed by atoms with E-state index in [0.29, 0.717) is 0 Å². The van der Waals surface area contributed by atoms with Gasteiger partial charge in [0.1, 0.15) is 0 Å². The monoisotopic (exact) mass is 530 g/mol. The maximum atomic E-state index is 2.40. The van der Waals surface area contributed by atoms with Gasteiger partial charge in [-0.3, -0.25) is 0 Å². The highest BCUT2D eigenvalue weighted by Crippen LogP contribution is 2.18. The van der Waals surface area contributed by atoms with Crippen LogP contribution in [0.1, 0.15) is 0 Å². The fourth-order valence-corrected chi connectivity index (χ4v) is 0. The molecule has 0 nitrogen and oxygen atoms in total. The average molecular weight is 529 g/mol. The molecule has 0 atom stereocenters. The molecule has 0 heterocycles. The molecule has 34 valence electrons. The minimum absolute atomic E-state index is 0.765. The second kappa shape index (κ2) is 4.89. The predicted molar refractivity (Wildman–Crippen MR) is 67.6 cm³/mol. The van der Waals surface area contributed by atoms with Gasteiger partial charge in [0.15, 0.2) is 0 Å². The van der Waals surface area contributed by atoms with Gasteiger partial charge in [0, 0.05) is 0 Å². The summed E-state index contributed by atoms with van der Waals surface area (Å²) in [6.07, 6.45) is 0. The second-order valence-electron chi connectivity index (χ2n) is 0.669. The van der Waals surface area contributed by atoms with Crippen molar-refractivity contribution in [2.75, 3.05) is 0 Å². The van der Waals surface area contributed by atoms with E-state index in [2.05, 4.69) is 89.5 Å². The van der Waals surface area contributed by atoms with Crippen LogP contribution in [0.25, 0.3) is 0 Å². The minimum Gasteiger partial charge on any atom is -0.142 e. The van der Waals surface area contributed by atoms with Gasteiger partial charge in [0.05, 0.1) is 0 Å². The van der Waals surface area contributed by atoms with Crippen molar-refractivity contribution in [3.8, 4) is 0 Å². The van der Waals surface area contributed by atoms with Crippen LogP contribution in [0.5, 0.6) is 0 Å². The first kappa shape index (κ1) is 9.05. The van der Waals surface area contributed by atoms with Crippen molar-refractivity contribution < 1.29 is 0 Å². The Kier molecular flexibility index (Phi) is 7.37. The van der Waals surface area contributed by atoms with Crippen LogP contribution in [0.2, 0.25) is 0 Å². The van der Waals surface area contributed by atoms with Crippen LogP contribution in [0.4, 0.5) is 0 Å². The van der Waals surface area contributed by atoms with E-state index >= 15 is 0 Å². The fourth-order valence-electron chi connectivity index (χ4n) is 0. The molecule has 0 unspecified atom stereocenters. The van der Waals surface area contributed by atoms with Gasteiger partial charge < -0.3 is 0 Å². The molecule has 0 radical (unpaired) electrons. The smallest absolute Gasteiger partial charge is 0.142 e. The first-order valence-electron chi connectivity index (χ1n) is 1.21. The van der Waals surface area contributed by atoms with Gasteiger partial charge in [0.25, 0.3) is 4.63 Å². The zero-order chi connectivity index (χ0) is 5.15. The molecule has 0 aliphatic heterocycles. The van der Waals surface area contributed by atoms with E-state index < -0.39 is 0 Å². The van der Waals surface area contributed by atoms with Crippen molar-refractivity contribution >= 4 is 94.1 Å². The Morgan fingerprint density at radius 1 is 0.667 bits per heavy atom. The zero-order valence-corrected chi connectivity index (χ0v) is 11.3. The van der Waals surface area contributed by atoms with Gasteiger partial charge in [0.2, 0.25) is 0 Å².